The van der Waals surface area contributed by atoms with Crippen LogP contribution in [0, 0.1) is 5.92 Å². The SMILES string of the molecule is CC1=C(c2ccco2)CN(C(=O)NCC(C)CC2(C)OCCO2)CC1. The van der Waals surface area contributed by atoms with Crippen molar-refractivity contribution in [2.75, 3.05) is 32.8 Å². The smallest absolute Gasteiger partial charge is 0.317 e. The highest BCUT2D eigenvalue weighted by molar-refractivity contribution is 5.78. The van der Waals surface area contributed by atoms with E-state index >= 15 is 0 Å². The van der Waals surface area contributed by atoms with E-state index in [1.165, 1.54) is 5.57 Å². The Balaban J connectivity index is 1.50. The van der Waals surface area contributed by atoms with Crippen LogP contribution >= 0.6 is 0 Å². The number of urea groups is 1. The zero-order valence-electron chi connectivity index (χ0n) is 15.3. The highest BCUT2D eigenvalue weighted by Crippen LogP contribution is 2.28. The maximum absolute atomic E-state index is 12.5. The number of carbonyl (C=O) groups excluding carboxylic acids is 1. The van der Waals surface area contributed by atoms with Gasteiger partial charge in [0.05, 0.1) is 26.0 Å². The molecule has 138 valence electrons. The topological polar surface area (TPSA) is 63.9 Å². The van der Waals surface area contributed by atoms with E-state index in [0.29, 0.717) is 26.3 Å². The van der Waals surface area contributed by atoms with E-state index in [1.54, 1.807) is 6.26 Å². The number of rotatable bonds is 5. The van der Waals surface area contributed by atoms with Crippen molar-refractivity contribution in [3.05, 3.63) is 29.7 Å². The van der Waals surface area contributed by atoms with Crippen molar-refractivity contribution in [1.82, 2.24) is 10.2 Å². The van der Waals surface area contributed by atoms with Gasteiger partial charge >= 0.3 is 6.03 Å². The van der Waals surface area contributed by atoms with Crippen molar-refractivity contribution in [3.63, 3.8) is 0 Å². The molecular formula is C19H28N2O4. The molecule has 2 amide bonds. The molecule has 0 bridgehead atoms. The Labute approximate surface area is 149 Å². The highest BCUT2D eigenvalue weighted by Gasteiger charge is 2.33. The summed E-state index contributed by atoms with van der Waals surface area (Å²) < 4.78 is 16.8. The summed E-state index contributed by atoms with van der Waals surface area (Å²) in [5.41, 5.74) is 2.40. The minimum absolute atomic E-state index is 0.0261. The van der Waals surface area contributed by atoms with Crippen molar-refractivity contribution in [2.24, 2.45) is 5.92 Å². The molecule has 6 heteroatoms. The second-order valence-corrected chi connectivity index (χ2v) is 7.23. The van der Waals surface area contributed by atoms with Gasteiger partial charge in [-0.3, -0.25) is 0 Å². The van der Waals surface area contributed by atoms with E-state index in [2.05, 4.69) is 19.2 Å². The zero-order chi connectivity index (χ0) is 17.9. The Hall–Kier alpha value is -1.79. The summed E-state index contributed by atoms with van der Waals surface area (Å²) in [6, 6.07) is 3.80. The fraction of sp³-hybridized carbons (Fsp3) is 0.632. The fourth-order valence-electron chi connectivity index (χ4n) is 3.52. The lowest BCUT2D eigenvalue weighted by Crippen LogP contribution is -2.45. The van der Waals surface area contributed by atoms with Crippen LogP contribution in [-0.4, -0.2) is 49.6 Å². The average Bonchev–Trinajstić information content (AvgIpc) is 3.25. The van der Waals surface area contributed by atoms with Gasteiger partial charge in [-0.1, -0.05) is 12.5 Å². The molecular weight excluding hydrogens is 320 g/mol. The first-order valence-corrected chi connectivity index (χ1v) is 9.00. The molecule has 3 rings (SSSR count). The normalized spacial score (nSPS) is 21.5. The predicted molar refractivity (Wildman–Crippen MR) is 95.0 cm³/mol. The van der Waals surface area contributed by atoms with E-state index in [-0.39, 0.29) is 11.9 Å². The number of hydrogen-bond donors (Lipinski definition) is 1. The summed E-state index contributed by atoms with van der Waals surface area (Å²) in [5, 5.41) is 3.05. The van der Waals surface area contributed by atoms with Crippen LogP contribution in [0.15, 0.2) is 28.4 Å². The van der Waals surface area contributed by atoms with Crippen molar-refractivity contribution in [1.29, 1.82) is 0 Å². The monoisotopic (exact) mass is 348 g/mol. The van der Waals surface area contributed by atoms with Crippen LogP contribution in [0.4, 0.5) is 4.79 Å². The molecule has 1 unspecified atom stereocenters. The number of nitrogens with zero attached hydrogens (tertiary/aromatic N) is 1. The van der Waals surface area contributed by atoms with Crippen LogP contribution in [0.2, 0.25) is 0 Å². The Morgan fingerprint density at radius 3 is 2.84 bits per heavy atom. The van der Waals surface area contributed by atoms with Crippen LogP contribution < -0.4 is 5.32 Å². The maximum Gasteiger partial charge on any atom is 0.317 e. The number of amides is 2. The molecule has 0 aliphatic carbocycles. The van der Waals surface area contributed by atoms with Gasteiger partial charge in [0.15, 0.2) is 5.79 Å². The second-order valence-electron chi connectivity index (χ2n) is 7.23. The fourth-order valence-corrected chi connectivity index (χ4v) is 3.52. The number of carbonyl (C=O) groups is 1. The quantitative estimate of drug-likeness (QED) is 0.887. The van der Waals surface area contributed by atoms with Crippen molar-refractivity contribution in [2.45, 2.75) is 39.4 Å². The first-order valence-electron chi connectivity index (χ1n) is 9.00. The molecule has 0 spiro atoms. The van der Waals surface area contributed by atoms with Gasteiger partial charge in [0.1, 0.15) is 5.76 Å². The third-order valence-corrected chi connectivity index (χ3v) is 4.95. The molecule has 3 heterocycles. The number of hydrogen-bond acceptors (Lipinski definition) is 4. The summed E-state index contributed by atoms with van der Waals surface area (Å²) in [5.74, 6) is 0.618. The molecule has 1 aromatic rings. The Morgan fingerprint density at radius 2 is 2.16 bits per heavy atom. The Morgan fingerprint density at radius 1 is 1.40 bits per heavy atom. The molecule has 0 aromatic carbocycles. The van der Waals surface area contributed by atoms with Gasteiger partial charge in [-0.25, -0.2) is 4.79 Å². The predicted octanol–water partition coefficient (Wildman–Crippen LogP) is 3.26. The van der Waals surface area contributed by atoms with Gasteiger partial charge in [0.25, 0.3) is 0 Å². The third-order valence-electron chi connectivity index (χ3n) is 4.95. The van der Waals surface area contributed by atoms with E-state index < -0.39 is 5.79 Å². The lowest BCUT2D eigenvalue weighted by molar-refractivity contribution is -0.153. The van der Waals surface area contributed by atoms with Crippen molar-refractivity contribution in [3.8, 4) is 0 Å². The molecule has 1 saturated heterocycles. The average molecular weight is 348 g/mol. The zero-order valence-corrected chi connectivity index (χ0v) is 15.3. The summed E-state index contributed by atoms with van der Waals surface area (Å²) in [4.78, 5) is 14.4. The standard InChI is InChI=1S/C19H28N2O4/c1-14(11-19(3)24-9-10-25-19)12-20-18(22)21-7-6-15(2)16(13-21)17-5-4-8-23-17/h4-5,8,14H,6-7,9-13H2,1-3H3,(H,20,22). The van der Waals surface area contributed by atoms with Crippen LogP contribution in [0.1, 0.15) is 39.4 Å². The van der Waals surface area contributed by atoms with Crippen molar-refractivity contribution >= 4 is 11.6 Å². The Kier molecular flexibility index (Phi) is 5.49. The van der Waals surface area contributed by atoms with Gasteiger partial charge in [0.2, 0.25) is 0 Å². The van der Waals surface area contributed by atoms with E-state index in [4.69, 9.17) is 13.9 Å². The molecule has 0 saturated carbocycles. The second kappa shape index (κ2) is 7.62. The third kappa shape index (κ3) is 4.44. The van der Waals surface area contributed by atoms with Crippen LogP contribution in [0.3, 0.4) is 0 Å². The van der Waals surface area contributed by atoms with Gasteiger partial charge in [0, 0.05) is 25.1 Å². The van der Waals surface area contributed by atoms with Gasteiger partial charge < -0.3 is 24.1 Å². The van der Waals surface area contributed by atoms with Gasteiger partial charge in [-0.2, -0.15) is 0 Å². The summed E-state index contributed by atoms with van der Waals surface area (Å²) in [6.07, 6.45) is 3.31. The minimum Gasteiger partial charge on any atom is -0.465 e. The summed E-state index contributed by atoms with van der Waals surface area (Å²) in [7, 11) is 0. The summed E-state index contributed by atoms with van der Waals surface area (Å²) >= 11 is 0. The van der Waals surface area contributed by atoms with E-state index in [0.717, 1.165) is 30.7 Å². The first-order chi connectivity index (χ1) is 12.0. The molecule has 1 fully saturated rings. The van der Waals surface area contributed by atoms with E-state index in [9.17, 15) is 4.79 Å². The largest absolute Gasteiger partial charge is 0.465 e. The van der Waals surface area contributed by atoms with Gasteiger partial charge in [-0.05, 0) is 38.3 Å². The molecule has 2 aliphatic heterocycles. The molecule has 1 aromatic heterocycles. The minimum atomic E-state index is -0.512. The highest BCUT2D eigenvalue weighted by atomic mass is 16.7. The maximum atomic E-state index is 12.5. The molecule has 2 aliphatic rings. The van der Waals surface area contributed by atoms with Crippen LogP contribution in [0.25, 0.3) is 5.57 Å². The van der Waals surface area contributed by atoms with Crippen LogP contribution in [0.5, 0.6) is 0 Å². The Bertz CT molecular complexity index is 617. The lowest BCUT2D eigenvalue weighted by Gasteiger charge is -2.30. The van der Waals surface area contributed by atoms with Gasteiger partial charge in [-0.15, -0.1) is 0 Å². The molecule has 0 radical (unpaired) electrons. The molecule has 25 heavy (non-hydrogen) atoms. The number of nitrogens with one attached hydrogen (secondary N) is 1. The lowest BCUT2D eigenvalue weighted by atomic mass is 9.99. The summed E-state index contributed by atoms with van der Waals surface area (Å²) in [6.45, 7) is 9.39. The molecule has 6 nitrogen and oxygen atoms in total. The van der Waals surface area contributed by atoms with Crippen molar-refractivity contribution < 1.29 is 18.7 Å². The van der Waals surface area contributed by atoms with Crippen LogP contribution in [-0.2, 0) is 9.47 Å². The van der Waals surface area contributed by atoms with E-state index in [1.807, 2.05) is 24.0 Å². The number of ether oxygens (including phenoxy) is 2. The molecule has 1 N–H and O–H groups in total. The molecule has 1 atom stereocenters. The first kappa shape index (κ1) is 18.0. The number of furan rings is 1.